The Labute approximate surface area is 183 Å². The zero-order valence-electron chi connectivity index (χ0n) is 17.3. The Morgan fingerprint density at radius 1 is 1.12 bits per heavy atom. The van der Waals surface area contributed by atoms with Crippen molar-refractivity contribution >= 4 is 33.7 Å². The Balaban J connectivity index is 1.50. The molecule has 0 aliphatic heterocycles. The summed E-state index contributed by atoms with van der Waals surface area (Å²) in [4.78, 5) is 24.2. The highest BCUT2D eigenvalue weighted by molar-refractivity contribution is 6.03. The molecule has 0 saturated heterocycles. The van der Waals surface area contributed by atoms with E-state index in [2.05, 4.69) is 26.3 Å². The van der Waals surface area contributed by atoms with Crippen molar-refractivity contribution in [1.82, 2.24) is 15.0 Å². The number of nitrogens with zero attached hydrogens (tertiary/aromatic N) is 2. The minimum absolute atomic E-state index is 0.206. The van der Waals surface area contributed by atoms with Gasteiger partial charge in [0.15, 0.2) is 0 Å². The van der Waals surface area contributed by atoms with Gasteiger partial charge in [-0.2, -0.15) is 0 Å². The van der Waals surface area contributed by atoms with Gasteiger partial charge >= 0.3 is 0 Å². The van der Waals surface area contributed by atoms with Crippen molar-refractivity contribution in [2.24, 2.45) is 0 Å². The lowest BCUT2D eigenvalue weighted by molar-refractivity contribution is -0.111. The van der Waals surface area contributed by atoms with Crippen molar-refractivity contribution in [3.05, 3.63) is 79.5 Å². The van der Waals surface area contributed by atoms with E-state index in [9.17, 15) is 4.79 Å². The van der Waals surface area contributed by atoms with E-state index in [0.717, 1.165) is 38.7 Å². The molecule has 1 amide bonds. The van der Waals surface area contributed by atoms with Gasteiger partial charge in [0.2, 0.25) is 11.6 Å². The number of amides is 1. The number of ether oxygens (including phenoxy) is 1. The van der Waals surface area contributed by atoms with E-state index >= 15 is 0 Å². The SMILES string of the molecule is COC/C=C/C(=O)Nc1cccc(-c2cnc3[nH]cc(-c4ccnc5occc45)c3c2)c1. The predicted molar refractivity (Wildman–Crippen MR) is 124 cm³/mol. The molecule has 0 aliphatic carbocycles. The fourth-order valence-corrected chi connectivity index (χ4v) is 3.71. The third-order valence-electron chi connectivity index (χ3n) is 5.18. The first-order valence-electron chi connectivity index (χ1n) is 10.1. The Morgan fingerprint density at radius 3 is 2.97 bits per heavy atom. The zero-order valence-corrected chi connectivity index (χ0v) is 17.3. The molecular weight excluding hydrogens is 404 g/mol. The molecule has 7 nitrogen and oxygen atoms in total. The minimum Gasteiger partial charge on any atom is -0.446 e. The van der Waals surface area contributed by atoms with E-state index in [1.54, 1.807) is 25.6 Å². The van der Waals surface area contributed by atoms with Crippen LogP contribution in [0.25, 0.3) is 44.4 Å². The molecule has 4 heterocycles. The lowest BCUT2D eigenvalue weighted by Gasteiger charge is -2.07. The molecule has 0 unspecified atom stereocenters. The Hall–Kier alpha value is -4.23. The first-order chi connectivity index (χ1) is 15.7. The van der Waals surface area contributed by atoms with Crippen molar-refractivity contribution in [3.8, 4) is 22.3 Å². The van der Waals surface area contributed by atoms with Crippen LogP contribution >= 0.6 is 0 Å². The molecule has 0 spiro atoms. The van der Waals surface area contributed by atoms with E-state index in [-0.39, 0.29) is 5.91 Å². The summed E-state index contributed by atoms with van der Waals surface area (Å²) in [6, 6.07) is 13.7. The fraction of sp³-hybridized carbons (Fsp3) is 0.0800. The summed E-state index contributed by atoms with van der Waals surface area (Å²) < 4.78 is 10.4. The van der Waals surface area contributed by atoms with E-state index in [0.29, 0.717) is 18.0 Å². The third kappa shape index (κ3) is 3.77. The monoisotopic (exact) mass is 424 g/mol. The van der Waals surface area contributed by atoms with Crippen LogP contribution in [0, 0.1) is 0 Å². The molecule has 0 fully saturated rings. The standard InChI is InChI=1S/C25H20N4O3/c1-31-10-3-6-23(30)29-18-5-2-4-16(12-18)17-13-21-22(15-28-24(21)27-14-17)19-7-9-26-25-20(19)8-11-32-25/h2-9,11-15H,10H2,1H3,(H,27,28)(H,29,30)/b6-3+. The summed E-state index contributed by atoms with van der Waals surface area (Å²) in [6.07, 6.45) is 10.3. The van der Waals surface area contributed by atoms with Crippen LogP contribution in [0.15, 0.2) is 83.9 Å². The second kappa shape index (κ2) is 8.49. The number of hydrogen-bond donors (Lipinski definition) is 2. The third-order valence-corrected chi connectivity index (χ3v) is 5.18. The molecule has 0 radical (unpaired) electrons. The number of nitrogens with one attached hydrogen (secondary N) is 2. The Kier molecular flexibility index (Phi) is 5.23. The van der Waals surface area contributed by atoms with Crippen LogP contribution in [-0.2, 0) is 9.53 Å². The van der Waals surface area contributed by atoms with Crippen LogP contribution in [0.1, 0.15) is 0 Å². The molecular formula is C25H20N4O3. The largest absolute Gasteiger partial charge is 0.446 e. The van der Waals surface area contributed by atoms with E-state index < -0.39 is 0 Å². The summed E-state index contributed by atoms with van der Waals surface area (Å²) in [5.74, 6) is -0.206. The molecule has 0 saturated carbocycles. The highest BCUT2D eigenvalue weighted by Gasteiger charge is 2.13. The average molecular weight is 424 g/mol. The number of furan rings is 1. The first kappa shape index (κ1) is 19.7. The lowest BCUT2D eigenvalue weighted by atomic mass is 10.0. The summed E-state index contributed by atoms with van der Waals surface area (Å²) in [7, 11) is 1.58. The van der Waals surface area contributed by atoms with Crippen LogP contribution in [0.3, 0.4) is 0 Å². The summed E-state index contributed by atoms with van der Waals surface area (Å²) in [5, 5.41) is 4.82. The molecule has 158 valence electrons. The van der Waals surface area contributed by atoms with Gasteiger partial charge in [0.25, 0.3) is 0 Å². The number of H-pyrrole nitrogens is 1. The van der Waals surface area contributed by atoms with Gasteiger partial charge < -0.3 is 19.5 Å². The first-order valence-corrected chi connectivity index (χ1v) is 10.1. The van der Waals surface area contributed by atoms with Gasteiger partial charge in [-0.15, -0.1) is 0 Å². The number of benzene rings is 1. The number of fused-ring (bicyclic) bond motifs is 2. The van der Waals surface area contributed by atoms with Crippen LogP contribution in [-0.4, -0.2) is 34.6 Å². The topological polar surface area (TPSA) is 93.0 Å². The molecule has 5 aromatic rings. The molecule has 4 aromatic heterocycles. The van der Waals surface area contributed by atoms with Crippen molar-refractivity contribution in [3.63, 3.8) is 0 Å². The highest BCUT2D eigenvalue weighted by Crippen LogP contribution is 2.35. The van der Waals surface area contributed by atoms with Crippen molar-refractivity contribution in [2.45, 2.75) is 0 Å². The second-order valence-corrected chi connectivity index (χ2v) is 7.25. The average Bonchev–Trinajstić information content (AvgIpc) is 3.46. The number of hydrogen-bond acceptors (Lipinski definition) is 5. The molecule has 2 N–H and O–H groups in total. The summed E-state index contributed by atoms with van der Waals surface area (Å²) >= 11 is 0. The molecule has 0 bridgehead atoms. The minimum atomic E-state index is -0.206. The molecule has 0 atom stereocenters. The maximum Gasteiger partial charge on any atom is 0.248 e. The fourth-order valence-electron chi connectivity index (χ4n) is 3.71. The number of anilines is 1. The Bertz CT molecular complexity index is 1450. The summed E-state index contributed by atoms with van der Waals surface area (Å²) in [6.45, 7) is 0.390. The maximum absolute atomic E-state index is 12.1. The summed E-state index contributed by atoms with van der Waals surface area (Å²) in [5.41, 5.74) is 6.05. The predicted octanol–water partition coefficient (Wildman–Crippen LogP) is 5.18. The molecule has 0 aliphatic rings. The molecule has 32 heavy (non-hydrogen) atoms. The van der Waals surface area contributed by atoms with E-state index in [1.165, 1.54) is 6.08 Å². The van der Waals surface area contributed by atoms with Gasteiger partial charge in [-0.05, 0) is 41.5 Å². The number of aromatic amines is 1. The molecule has 5 rings (SSSR count). The van der Waals surface area contributed by atoms with Gasteiger partial charge in [0.05, 0.1) is 12.9 Å². The van der Waals surface area contributed by atoms with Gasteiger partial charge in [0.1, 0.15) is 5.65 Å². The quantitative estimate of drug-likeness (QED) is 0.367. The molecule has 1 aromatic carbocycles. The van der Waals surface area contributed by atoms with Crippen LogP contribution in [0.4, 0.5) is 5.69 Å². The lowest BCUT2D eigenvalue weighted by Crippen LogP contribution is -2.08. The number of carbonyl (C=O) groups excluding carboxylic acids is 1. The normalized spacial score (nSPS) is 11.5. The van der Waals surface area contributed by atoms with Crippen LogP contribution in [0.2, 0.25) is 0 Å². The Morgan fingerprint density at radius 2 is 2.06 bits per heavy atom. The van der Waals surface area contributed by atoms with Gasteiger partial charge in [-0.3, -0.25) is 4.79 Å². The number of rotatable bonds is 6. The molecule has 7 heteroatoms. The van der Waals surface area contributed by atoms with E-state index in [1.807, 2.05) is 48.8 Å². The van der Waals surface area contributed by atoms with E-state index in [4.69, 9.17) is 9.15 Å². The van der Waals surface area contributed by atoms with Crippen LogP contribution in [0.5, 0.6) is 0 Å². The number of aromatic nitrogens is 3. The maximum atomic E-state index is 12.1. The van der Waals surface area contributed by atoms with Crippen LogP contribution < -0.4 is 5.32 Å². The van der Waals surface area contributed by atoms with Crippen molar-refractivity contribution in [1.29, 1.82) is 0 Å². The smallest absolute Gasteiger partial charge is 0.248 e. The number of carbonyl (C=O) groups is 1. The number of pyridine rings is 2. The van der Waals surface area contributed by atoms with Crippen molar-refractivity contribution < 1.29 is 13.9 Å². The highest BCUT2D eigenvalue weighted by atomic mass is 16.5. The van der Waals surface area contributed by atoms with Crippen molar-refractivity contribution in [2.75, 3.05) is 19.0 Å². The second-order valence-electron chi connectivity index (χ2n) is 7.25. The van der Waals surface area contributed by atoms with Gasteiger partial charge in [0, 0.05) is 59.4 Å². The van der Waals surface area contributed by atoms with Gasteiger partial charge in [-0.1, -0.05) is 18.2 Å². The number of methoxy groups -OCH3 is 1. The zero-order chi connectivity index (χ0) is 21.9. The van der Waals surface area contributed by atoms with Gasteiger partial charge in [-0.25, -0.2) is 9.97 Å².